The molecule has 0 radical (unpaired) electrons. The molecule has 0 aliphatic carbocycles. The lowest BCUT2D eigenvalue weighted by atomic mass is 9.87. The van der Waals surface area contributed by atoms with E-state index in [4.69, 9.17) is 4.74 Å². The Morgan fingerprint density at radius 3 is 3.00 bits per heavy atom. The third-order valence-corrected chi connectivity index (χ3v) is 4.74. The zero-order chi connectivity index (χ0) is 15.6. The van der Waals surface area contributed by atoms with Gasteiger partial charge >= 0.3 is 0 Å². The van der Waals surface area contributed by atoms with E-state index in [2.05, 4.69) is 9.36 Å². The Morgan fingerprint density at radius 2 is 2.22 bits per heavy atom. The van der Waals surface area contributed by atoms with E-state index in [9.17, 15) is 5.11 Å². The molecule has 3 aromatic rings. The monoisotopic (exact) mass is 324 g/mol. The minimum Gasteiger partial charge on any atom is -0.493 e. The van der Waals surface area contributed by atoms with Crippen molar-refractivity contribution in [1.29, 1.82) is 0 Å². The quantitative estimate of drug-likeness (QED) is 0.801. The Labute approximate surface area is 138 Å². The van der Waals surface area contributed by atoms with Crippen molar-refractivity contribution < 1.29 is 9.84 Å². The standard InChI is InChI=1S/C18H16N2O2S/c21-18-14(8-12-2-1-6-19-10-12)11-22-17-4-3-13(9-15(17)18)16-5-7-23-20-16/h1-7,9-10,14,18,21H,8,11H2/t14-,18-/m0/s1. The molecule has 1 aromatic carbocycles. The topological polar surface area (TPSA) is 55.2 Å². The number of rotatable bonds is 3. The van der Waals surface area contributed by atoms with Gasteiger partial charge in [-0.3, -0.25) is 4.98 Å². The summed E-state index contributed by atoms with van der Waals surface area (Å²) >= 11 is 1.42. The highest BCUT2D eigenvalue weighted by Gasteiger charge is 2.30. The maximum Gasteiger partial charge on any atom is 0.125 e. The van der Waals surface area contributed by atoms with Crippen molar-refractivity contribution in [2.75, 3.05) is 6.61 Å². The molecule has 1 N–H and O–H groups in total. The van der Waals surface area contributed by atoms with Gasteiger partial charge in [-0.2, -0.15) is 4.37 Å². The molecule has 1 aliphatic rings. The second-order valence-corrected chi connectivity index (χ2v) is 6.38. The van der Waals surface area contributed by atoms with Crippen molar-refractivity contribution in [2.45, 2.75) is 12.5 Å². The first-order chi connectivity index (χ1) is 11.3. The van der Waals surface area contributed by atoms with Crippen molar-refractivity contribution in [2.24, 2.45) is 5.92 Å². The van der Waals surface area contributed by atoms with E-state index in [0.29, 0.717) is 6.61 Å². The molecular formula is C18H16N2O2S. The van der Waals surface area contributed by atoms with Gasteiger partial charge in [0.25, 0.3) is 0 Å². The van der Waals surface area contributed by atoms with Crippen LogP contribution < -0.4 is 4.74 Å². The Kier molecular flexibility index (Phi) is 3.81. The maximum absolute atomic E-state index is 10.8. The number of pyridine rings is 1. The third-order valence-electron chi connectivity index (χ3n) is 4.18. The molecule has 5 heteroatoms. The predicted octanol–water partition coefficient (Wildman–Crippen LogP) is 3.49. The lowest BCUT2D eigenvalue weighted by Gasteiger charge is -2.30. The molecule has 0 fully saturated rings. The number of fused-ring (bicyclic) bond motifs is 1. The fraction of sp³-hybridized carbons (Fsp3) is 0.222. The number of aromatic nitrogens is 2. The van der Waals surface area contributed by atoms with E-state index in [1.807, 2.05) is 48.0 Å². The van der Waals surface area contributed by atoms with Crippen molar-refractivity contribution >= 4 is 11.5 Å². The summed E-state index contributed by atoms with van der Waals surface area (Å²) in [4.78, 5) is 4.14. The molecule has 0 bridgehead atoms. The number of ether oxygens (including phenoxy) is 1. The maximum atomic E-state index is 10.8. The first-order valence-electron chi connectivity index (χ1n) is 7.56. The van der Waals surface area contributed by atoms with Crippen LogP contribution in [0, 0.1) is 5.92 Å². The molecule has 116 valence electrons. The summed E-state index contributed by atoms with van der Waals surface area (Å²) in [5, 5.41) is 12.7. The van der Waals surface area contributed by atoms with E-state index >= 15 is 0 Å². The molecule has 1 aliphatic heterocycles. The zero-order valence-electron chi connectivity index (χ0n) is 12.4. The summed E-state index contributed by atoms with van der Waals surface area (Å²) in [5.41, 5.74) is 3.89. The van der Waals surface area contributed by atoms with Gasteiger partial charge in [-0.1, -0.05) is 6.07 Å². The number of hydrogen-bond acceptors (Lipinski definition) is 5. The zero-order valence-corrected chi connectivity index (χ0v) is 13.2. The fourth-order valence-corrected chi connectivity index (χ4v) is 3.50. The van der Waals surface area contributed by atoms with Crippen molar-refractivity contribution in [1.82, 2.24) is 9.36 Å². The first kappa shape index (κ1) is 14.4. The number of aliphatic hydroxyl groups excluding tert-OH is 1. The number of benzene rings is 1. The van der Waals surface area contributed by atoms with Crippen LogP contribution in [0.25, 0.3) is 11.3 Å². The number of nitrogens with zero attached hydrogens (tertiary/aromatic N) is 2. The summed E-state index contributed by atoms with van der Waals surface area (Å²) < 4.78 is 10.2. The molecule has 0 saturated heterocycles. The van der Waals surface area contributed by atoms with Crippen molar-refractivity contribution in [3.63, 3.8) is 0 Å². The number of hydrogen-bond donors (Lipinski definition) is 1. The Hall–Kier alpha value is -2.24. The van der Waals surface area contributed by atoms with Gasteiger partial charge in [-0.25, -0.2) is 0 Å². The van der Waals surface area contributed by atoms with Gasteiger partial charge in [0.2, 0.25) is 0 Å². The summed E-state index contributed by atoms with van der Waals surface area (Å²) in [6.07, 6.45) is 3.80. The Bertz CT molecular complexity index is 790. The highest BCUT2D eigenvalue weighted by molar-refractivity contribution is 7.03. The summed E-state index contributed by atoms with van der Waals surface area (Å²) in [6.45, 7) is 0.513. The lowest BCUT2D eigenvalue weighted by Crippen LogP contribution is -2.27. The molecule has 0 spiro atoms. The normalized spacial score (nSPS) is 19.9. The van der Waals surface area contributed by atoms with Gasteiger partial charge in [0.1, 0.15) is 5.75 Å². The summed E-state index contributed by atoms with van der Waals surface area (Å²) in [6, 6.07) is 11.8. The fourth-order valence-electron chi connectivity index (χ4n) is 2.97. The predicted molar refractivity (Wildman–Crippen MR) is 89.4 cm³/mol. The van der Waals surface area contributed by atoms with Crippen LogP contribution in [0.15, 0.2) is 54.2 Å². The first-order valence-corrected chi connectivity index (χ1v) is 8.39. The van der Waals surface area contributed by atoms with Crippen molar-refractivity contribution in [3.05, 3.63) is 65.3 Å². The van der Waals surface area contributed by atoms with Crippen LogP contribution in [-0.4, -0.2) is 21.1 Å². The molecule has 0 unspecified atom stereocenters. The van der Waals surface area contributed by atoms with Gasteiger partial charge in [0, 0.05) is 34.8 Å². The second kappa shape index (κ2) is 6.10. The average molecular weight is 324 g/mol. The van der Waals surface area contributed by atoms with E-state index in [-0.39, 0.29) is 5.92 Å². The average Bonchev–Trinajstić information content (AvgIpc) is 3.13. The Balaban J connectivity index is 1.62. The van der Waals surface area contributed by atoms with E-state index < -0.39 is 6.10 Å². The molecule has 4 rings (SSSR count). The van der Waals surface area contributed by atoms with Gasteiger partial charge in [-0.05, 0) is 53.8 Å². The molecule has 4 nitrogen and oxygen atoms in total. The second-order valence-electron chi connectivity index (χ2n) is 5.72. The largest absolute Gasteiger partial charge is 0.493 e. The minimum atomic E-state index is -0.544. The third kappa shape index (κ3) is 2.85. The van der Waals surface area contributed by atoms with E-state index in [1.54, 1.807) is 6.20 Å². The van der Waals surface area contributed by atoms with Crippen LogP contribution in [0.3, 0.4) is 0 Å². The van der Waals surface area contributed by atoms with Gasteiger partial charge in [-0.15, -0.1) is 0 Å². The highest BCUT2D eigenvalue weighted by Crippen LogP contribution is 2.39. The van der Waals surface area contributed by atoms with Crippen LogP contribution in [0.2, 0.25) is 0 Å². The van der Waals surface area contributed by atoms with Crippen LogP contribution in [0.1, 0.15) is 17.2 Å². The molecule has 23 heavy (non-hydrogen) atoms. The van der Waals surface area contributed by atoms with Crippen LogP contribution in [-0.2, 0) is 6.42 Å². The smallest absolute Gasteiger partial charge is 0.125 e. The van der Waals surface area contributed by atoms with Crippen LogP contribution in [0.4, 0.5) is 0 Å². The van der Waals surface area contributed by atoms with Gasteiger partial charge in [0.05, 0.1) is 18.4 Å². The molecule has 3 heterocycles. The molecular weight excluding hydrogens is 308 g/mol. The molecule has 0 amide bonds. The molecule has 0 saturated carbocycles. The molecule has 2 aromatic heterocycles. The van der Waals surface area contributed by atoms with Gasteiger partial charge < -0.3 is 9.84 Å². The van der Waals surface area contributed by atoms with Crippen molar-refractivity contribution in [3.8, 4) is 17.0 Å². The minimum absolute atomic E-state index is 0.0254. The van der Waals surface area contributed by atoms with Crippen LogP contribution in [0.5, 0.6) is 5.75 Å². The van der Waals surface area contributed by atoms with Crippen LogP contribution >= 0.6 is 11.5 Å². The number of aliphatic hydroxyl groups is 1. The summed E-state index contributed by atoms with van der Waals surface area (Å²) in [5.74, 6) is 0.788. The summed E-state index contributed by atoms with van der Waals surface area (Å²) in [7, 11) is 0. The lowest BCUT2D eigenvalue weighted by molar-refractivity contribution is 0.0508. The van der Waals surface area contributed by atoms with Gasteiger partial charge in [0.15, 0.2) is 0 Å². The Morgan fingerprint density at radius 1 is 1.26 bits per heavy atom. The van der Waals surface area contributed by atoms with E-state index in [0.717, 1.165) is 34.6 Å². The molecule has 2 atom stereocenters. The van der Waals surface area contributed by atoms with E-state index in [1.165, 1.54) is 11.5 Å². The SMILES string of the molecule is O[C@@H]1c2cc(-c3ccsn3)ccc2OC[C@@H]1Cc1cccnc1. The highest BCUT2D eigenvalue weighted by atomic mass is 32.1.